The minimum absolute atomic E-state index is 0.107. The van der Waals surface area contributed by atoms with E-state index in [1.54, 1.807) is 0 Å². The summed E-state index contributed by atoms with van der Waals surface area (Å²) in [7, 11) is -3.63. The molecule has 0 radical (unpaired) electrons. The van der Waals surface area contributed by atoms with Crippen molar-refractivity contribution in [3.63, 3.8) is 0 Å². The fraction of sp³-hybridized carbons (Fsp3) is 0.500. The van der Waals surface area contributed by atoms with Crippen LogP contribution >= 0.6 is 0 Å². The Bertz CT molecular complexity index is 530. The van der Waals surface area contributed by atoms with Gasteiger partial charge >= 0.3 is 6.18 Å². The minimum Gasteiger partial charge on any atom is -0.316 e. The first-order chi connectivity index (χ1) is 9.24. The molecule has 0 heterocycles. The lowest BCUT2D eigenvalue weighted by Gasteiger charge is -2.10. The van der Waals surface area contributed by atoms with Gasteiger partial charge in [-0.3, -0.25) is 0 Å². The molecule has 0 saturated heterocycles. The van der Waals surface area contributed by atoms with Gasteiger partial charge in [-0.25, -0.2) is 13.1 Å². The maximum atomic E-state index is 12.5. The molecular weight excluding hydrogens is 293 g/mol. The van der Waals surface area contributed by atoms with Crippen molar-refractivity contribution in [3.05, 3.63) is 35.4 Å². The predicted octanol–water partition coefficient (Wildman–Crippen LogP) is 1.73. The highest BCUT2D eigenvalue weighted by Crippen LogP contribution is 2.29. The lowest BCUT2D eigenvalue weighted by molar-refractivity contribution is -0.137. The molecule has 8 heteroatoms. The van der Waals surface area contributed by atoms with Crippen molar-refractivity contribution in [1.82, 2.24) is 10.0 Å². The van der Waals surface area contributed by atoms with Crippen molar-refractivity contribution < 1.29 is 21.6 Å². The third kappa shape index (κ3) is 5.89. The van der Waals surface area contributed by atoms with Crippen LogP contribution in [-0.4, -0.2) is 28.1 Å². The number of hydrogen-bond donors (Lipinski definition) is 2. The number of halogens is 3. The number of likely N-dealkylation sites (N-methyl/N-ethyl adjacent to an activating group) is 1. The van der Waals surface area contributed by atoms with Crippen LogP contribution in [0.15, 0.2) is 24.3 Å². The number of sulfonamides is 1. The third-order valence-electron chi connectivity index (χ3n) is 2.48. The molecule has 1 rings (SSSR count). The van der Waals surface area contributed by atoms with Crippen molar-refractivity contribution in [3.8, 4) is 0 Å². The van der Waals surface area contributed by atoms with Crippen LogP contribution in [0.25, 0.3) is 0 Å². The SMILES string of the molecule is CCNCCNS(=O)(=O)Cc1cccc(C(F)(F)F)c1. The van der Waals surface area contributed by atoms with Crippen molar-refractivity contribution >= 4 is 10.0 Å². The molecular formula is C12H17F3N2O2S. The highest BCUT2D eigenvalue weighted by atomic mass is 32.2. The molecule has 0 fully saturated rings. The quantitative estimate of drug-likeness (QED) is 0.754. The standard InChI is InChI=1S/C12H17F3N2O2S/c1-2-16-6-7-17-20(18,19)9-10-4-3-5-11(8-10)12(13,14)15/h3-5,8,16-17H,2,6-7,9H2,1H3. The molecule has 2 N–H and O–H groups in total. The van der Waals surface area contributed by atoms with Gasteiger partial charge in [0.05, 0.1) is 11.3 Å². The maximum Gasteiger partial charge on any atom is 0.416 e. The Balaban J connectivity index is 2.68. The Hall–Kier alpha value is -1.12. The second-order valence-corrected chi connectivity index (χ2v) is 6.01. The molecule has 0 aliphatic heterocycles. The zero-order chi connectivity index (χ0) is 15.2. The molecule has 0 aliphatic carbocycles. The molecule has 0 spiro atoms. The summed E-state index contributed by atoms with van der Waals surface area (Å²) in [4.78, 5) is 0. The van der Waals surface area contributed by atoms with Crippen LogP contribution in [0.1, 0.15) is 18.1 Å². The van der Waals surface area contributed by atoms with Gasteiger partial charge in [0, 0.05) is 13.1 Å². The molecule has 1 aromatic rings. The molecule has 114 valence electrons. The summed E-state index contributed by atoms with van der Waals surface area (Å²) in [6.45, 7) is 3.28. The van der Waals surface area contributed by atoms with E-state index in [2.05, 4.69) is 10.0 Å². The molecule has 4 nitrogen and oxygen atoms in total. The molecule has 0 unspecified atom stereocenters. The van der Waals surface area contributed by atoms with Crippen LogP contribution in [0.4, 0.5) is 13.2 Å². The molecule has 0 amide bonds. The molecule has 20 heavy (non-hydrogen) atoms. The lowest BCUT2D eigenvalue weighted by atomic mass is 10.1. The predicted molar refractivity (Wildman–Crippen MR) is 70.6 cm³/mol. The number of nitrogens with one attached hydrogen (secondary N) is 2. The lowest BCUT2D eigenvalue weighted by Crippen LogP contribution is -2.32. The van der Waals surface area contributed by atoms with E-state index in [1.807, 2.05) is 6.92 Å². The first-order valence-electron chi connectivity index (χ1n) is 6.09. The number of benzene rings is 1. The molecule has 0 aromatic heterocycles. The molecule has 0 aliphatic rings. The van der Waals surface area contributed by atoms with Gasteiger partial charge in [-0.2, -0.15) is 13.2 Å². The van der Waals surface area contributed by atoms with E-state index in [4.69, 9.17) is 0 Å². The molecule has 1 aromatic carbocycles. The van der Waals surface area contributed by atoms with E-state index >= 15 is 0 Å². The Morgan fingerprint density at radius 1 is 1.20 bits per heavy atom. The van der Waals surface area contributed by atoms with Gasteiger partial charge in [0.2, 0.25) is 10.0 Å². The van der Waals surface area contributed by atoms with Crippen LogP contribution < -0.4 is 10.0 Å². The summed E-state index contributed by atoms with van der Waals surface area (Å²) in [5.74, 6) is -0.469. The Kier molecular flexibility index (Phi) is 5.97. The van der Waals surface area contributed by atoms with E-state index in [0.717, 1.165) is 18.7 Å². The number of rotatable bonds is 7. The second kappa shape index (κ2) is 7.05. The van der Waals surface area contributed by atoms with Gasteiger partial charge < -0.3 is 5.32 Å². The van der Waals surface area contributed by atoms with Crippen molar-refractivity contribution in [2.24, 2.45) is 0 Å². The number of alkyl halides is 3. The van der Waals surface area contributed by atoms with Gasteiger partial charge in [0.15, 0.2) is 0 Å². The third-order valence-corrected chi connectivity index (χ3v) is 3.84. The average Bonchev–Trinajstić information content (AvgIpc) is 2.33. The fourth-order valence-corrected chi connectivity index (χ4v) is 2.71. The summed E-state index contributed by atoms with van der Waals surface area (Å²) < 4.78 is 63.3. The van der Waals surface area contributed by atoms with Crippen LogP contribution in [0.2, 0.25) is 0 Å². The second-order valence-electron chi connectivity index (χ2n) is 4.21. The van der Waals surface area contributed by atoms with Crippen LogP contribution in [-0.2, 0) is 22.0 Å². The highest BCUT2D eigenvalue weighted by molar-refractivity contribution is 7.88. The first-order valence-corrected chi connectivity index (χ1v) is 7.74. The van der Waals surface area contributed by atoms with Gasteiger partial charge in [0.25, 0.3) is 0 Å². The Morgan fingerprint density at radius 3 is 2.50 bits per heavy atom. The van der Waals surface area contributed by atoms with E-state index in [-0.39, 0.29) is 12.1 Å². The minimum atomic E-state index is -4.47. The van der Waals surface area contributed by atoms with Crippen molar-refractivity contribution in [2.45, 2.75) is 18.9 Å². The Labute approximate surface area is 116 Å². The summed E-state index contributed by atoms with van der Waals surface area (Å²) in [6, 6.07) is 4.32. The normalized spacial score (nSPS) is 12.6. The molecule has 0 bridgehead atoms. The van der Waals surface area contributed by atoms with Crippen LogP contribution in [0.5, 0.6) is 0 Å². The van der Waals surface area contributed by atoms with E-state index < -0.39 is 27.5 Å². The van der Waals surface area contributed by atoms with Gasteiger partial charge in [-0.15, -0.1) is 0 Å². The Morgan fingerprint density at radius 2 is 1.90 bits per heavy atom. The monoisotopic (exact) mass is 310 g/mol. The van der Waals surface area contributed by atoms with E-state index in [0.29, 0.717) is 6.54 Å². The smallest absolute Gasteiger partial charge is 0.316 e. The maximum absolute atomic E-state index is 12.5. The van der Waals surface area contributed by atoms with Crippen molar-refractivity contribution in [2.75, 3.05) is 19.6 Å². The van der Waals surface area contributed by atoms with Gasteiger partial charge in [-0.1, -0.05) is 25.1 Å². The summed E-state index contributed by atoms with van der Waals surface area (Å²) in [6.07, 6.45) is -4.47. The van der Waals surface area contributed by atoms with Gasteiger partial charge in [0.1, 0.15) is 0 Å². The fourth-order valence-electron chi connectivity index (χ4n) is 1.58. The highest BCUT2D eigenvalue weighted by Gasteiger charge is 2.30. The largest absolute Gasteiger partial charge is 0.416 e. The summed E-state index contributed by atoms with van der Waals surface area (Å²) in [5, 5.41) is 2.94. The summed E-state index contributed by atoms with van der Waals surface area (Å²) in [5.41, 5.74) is -0.742. The topological polar surface area (TPSA) is 58.2 Å². The van der Waals surface area contributed by atoms with Crippen LogP contribution in [0.3, 0.4) is 0 Å². The molecule has 0 atom stereocenters. The number of hydrogen-bond acceptors (Lipinski definition) is 3. The zero-order valence-electron chi connectivity index (χ0n) is 11.0. The van der Waals surface area contributed by atoms with Gasteiger partial charge in [-0.05, 0) is 18.2 Å². The summed E-state index contributed by atoms with van der Waals surface area (Å²) >= 11 is 0. The van der Waals surface area contributed by atoms with Crippen LogP contribution in [0, 0.1) is 0 Å². The first kappa shape index (κ1) is 16.9. The molecule has 0 saturated carbocycles. The van der Waals surface area contributed by atoms with Crippen molar-refractivity contribution in [1.29, 1.82) is 0 Å². The zero-order valence-corrected chi connectivity index (χ0v) is 11.8. The average molecular weight is 310 g/mol. The van der Waals surface area contributed by atoms with E-state index in [1.165, 1.54) is 12.1 Å². The van der Waals surface area contributed by atoms with E-state index in [9.17, 15) is 21.6 Å².